The summed E-state index contributed by atoms with van der Waals surface area (Å²) in [5.41, 5.74) is 1.31. The minimum Gasteiger partial charge on any atom is -0.496 e. The second-order valence-electron chi connectivity index (χ2n) is 6.62. The third-order valence-corrected chi connectivity index (χ3v) is 4.87. The highest BCUT2D eigenvalue weighted by Crippen LogP contribution is 2.36. The van der Waals surface area contributed by atoms with Crippen LogP contribution in [0.15, 0.2) is 12.1 Å². The topological polar surface area (TPSA) is 39.7 Å². The van der Waals surface area contributed by atoms with Gasteiger partial charge < -0.3 is 19.5 Å². The van der Waals surface area contributed by atoms with Crippen LogP contribution in [0.4, 0.5) is 0 Å². The van der Waals surface area contributed by atoms with Gasteiger partial charge in [0.2, 0.25) is 0 Å². The summed E-state index contributed by atoms with van der Waals surface area (Å²) < 4.78 is 16.2. The van der Waals surface area contributed by atoms with Gasteiger partial charge in [0.05, 0.1) is 21.3 Å². The lowest BCUT2D eigenvalue weighted by Gasteiger charge is -2.37. The molecule has 0 aliphatic heterocycles. The highest BCUT2D eigenvalue weighted by molar-refractivity contribution is 5.50. The first-order chi connectivity index (χ1) is 10.5. The van der Waals surface area contributed by atoms with E-state index in [4.69, 9.17) is 14.2 Å². The van der Waals surface area contributed by atoms with Crippen molar-refractivity contribution in [3.05, 3.63) is 17.7 Å². The maximum absolute atomic E-state index is 5.50. The van der Waals surface area contributed by atoms with E-state index in [0.717, 1.165) is 29.5 Å². The van der Waals surface area contributed by atoms with Crippen molar-refractivity contribution in [2.24, 2.45) is 5.92 Å². The van der Waals surface area contributed by atoms with Crippen molar-refractivity contribution in [2.75, 3.05) is 21.3 Å². The normalized spacial score (nSPS) is 24.9. The van der Waals surface area contributed by atoms with E-state index in [1.54, 1.807) is 21.3 Å². The molecule has 1 N–H and O–H groups in total. The number of rotatable bonds is 6. The first-order valence-electron chi connectivity index (χ1n) is 8.05. The number of methoxy groups -OCH3 is 3. The van der Waals surface area contributed by atoms with Gasteiger partial charge in [-0.25, -0.2) is 0 Å². The summed E-state index contributed by atoms with van der Waals surface area (Å²) in [6.45, 7) is 5.44. The molecule has 0 heterocycles. The summed E-state index contributed by atoms with van der Waals surface area (Å²) >= 11 is 0. The molecule has 1 fully saturated rings. The van der Waals surface area contributed by atoms with Crippen molar-refractivity contribution >= 4 is 0 Å². The Bertz CT molecular complexity index is 493. The number of hydrogen-bond acceptors (Lipinski definition) is 4. The molecule has 0 saturated heterocycles. The van der Waals surface area contributed by atoms with Crippen LogP contribution in [0.1, 0.15) is 45.1 Å². The summed E-state index contributed by atoms with van der Waals surface area (Å²) in [4.78, 5) is 0. The molecule has 0 unspecified atom stereocenters. The molecule has 2 rings (SSSR count). The summed E-state index contributed by atoms with van der Waals surface area (Å²) in [5, 5.41) is 3.72. The molecule has 22 heavy (non-hydrogen) atoms. The standard InChI is InChI=1S/C18H29NO3/c1-13-6-8-18(2,9-7-13)19-12-14-10-16(21-4)17(22-5)11-15(14)20-3/h10-11,13,19H,6-9,12H2,1-5H3. The van der Waals surface area contributed by atoms with E-state index in [0.29, 0.717) is 5.75 Å². The van der Waals surface area contributed by atoms with Crippen molar-refractivity contribution in [3.8, 4) is 17.2 Å². The fourth-order valence-corrected chi connectivity index (χ4v) is 3.12. The van der Waals surface area contributed by atoms with Crippen molar-refractivity contribution in [1.29, 1.82) is 0 Å². The maximum Gasteiger partial charge on any atom is 0.164 e. The van der Waals surface area contributed by atoms with Gasteiger partial charge in [-0.15, -0.1) is 0 Å². The summed E-state index contributed by atoms with van der Waals surface area (Å²) in [7, 11) is 4.99. The third kappa shape index (κ3) is 3.86. The quantitative estimate of drug-likeness (QED) is 0.868. The lowest BCUT2D eigenvalue weighted by molar-refractivity contribution is 0.212. The van der Waals surface area contributed by atoms with Crippen LogP contribution in [-0.4, -0.2) is 26.9 Å². The zero-order valence-corrected chi connectivity index (χ0v) is 14.5. The molecule has 4 heteroatoms. The second-order valence-corrected chi connectivity index (χ2v) is 6.62. The molecule has 124 valence electrons. The van der Waals surface area contributed by atoms with Gasteiger partial charge in [0.25, 0.3) is 0 Å². The average Bonchev–Trinajstić information content (AvgIpc) is 2.55. The van der Waals surface area contributed by atoms with Gasteiger partial charge in [-0.3, -0.25) is 0 Å². The predicted octanol–water partition coefficient (Wildman–Crippen LogP) is 3.77. The number of hydrogen-bond donors (Lipinski definition) is 1. The Morgan fingerprint density at radius 2 is 1.55 bits per heavy atom. The number of ether oxygens (including phenoxy) is 3. The molecule has 1 aliphatic rings. The molecule has 0 atom stereocenters. The van der Waals surface area contributed by atoms with Crippen molar-refractivity contribution < 1.29 is 14.2 Å². The first-order valence-corrected chi connectivity index (χ1v) is 8.05. The molecule has 0 spiro atoms. The van der Waals surface area contributed by atoms with E-state index in [1.165, 1.54) is 25.7 Å². The summed E-state index contributed by atoms with van der Waals surface area (Å²) in [5.74, 6) is 3.12. The fraction of sp³-hybridized carbons (Fsp3) is 0.667. The number of nitrogens with one attached hydrogen (secondary N) is 1. The summed E-state index contributed by atoms with van der Waals surface area (Å²) in [6, 6.07) is 3.89. The van der Waals surface area contributed by atoms with E-state index in [-0.39, 0.29) is 5.54 Å². The van der Waals surface area contributed by atoms with Crippen molar-refractivity contribution in [1.82, 2.24) is 5.32 Å². The molecule has 1 aliphatic carbocycles. The van der Waals surface area contributed by atoms with Crippen LogP contribution >= 0.6 is 0 Å². The van der Waals surface area contributed by atoms with Gasteiger partial charge in [-0.2, -0.15) is 0 Å². The molecule has 0 bridgehead atoms. The lowest BCUT2D eigenvalue weighted by atomic mass is 9.78. The number of benzene rings is 1. The zero-order valence-electron chi connectivity index (χ0n) is 14.5. The zero-order chi connectivity index (χ0) is 16.2. The molecule has 1 aromatic rings. The Balaban J connectivity index is 2.11. The minimum absolute atomic E-state index is 0.213. The van der Waals surface area contributed by atoms with Crippen molar-refractivity contribution in [3.63, 3.8) is 0 Å². The van der Waals surface area contributed by atoms with Gasteiger partial charge in [-0.05, 0) is 44.6 Å². The molecular weight excluding hydrogens is 278 g/mol. The van der Waals surface area contributed by atoms with Gasteiger partial charge in [0.15, 0.2) is 11.5 Å². The molecule has 0 aromatic heterocycles. The fourth-order valence-electron chi connectivity index (χ4n) is 3.12. The highest BCUT2D eigenvalue weighted by Gasteiger charge is 2.29. The van der Waals surface area contributed by atoms with Gasteiger partial charge in [-0.1, -0.05) is 6.92 Å². The maximum atomic E-state index is 5.50. The molecule has 1 saturated carbocycles. The molecular formula is C18H29NO3. The Kier molecular flexibility index (Phi) is 5.57. The van der Waals surface area contributed by atoms with Crippen LogP contribution < -0.4 is 19.5 Å². The molecule has 4 nitrogen and oxygen atoms in total. The predicted molar refractivity (Wildman–Crippen MR) is 89.0 cm³/mol. The van der Waals surface area contributed by atoms with E-state index in [9.17, 15) is 0 Å². The minimum atomic E-state index is 0.213. The Morgan fingerprint density at radius 3 is 2.09 bits per heavy atom. The summed E-state index contributed by atoms with van der Waals surface area (Å²) in [6.07, 6.45) is 5.05. The van der Waals surface area contributed by atoms with Crippen molar-refractivity contribution in [2.45, 2.75) is 51.6 Å². The average molecular weight is 307 g/mol. The molecule has 1 aromatic carbocycles. The van der Waals surface area contributed by atoms with E-state index >= 15 is 0 Å². The molecule has 0 radical (unpaired) electrons. The van der Waals surface area contributed by atoms with Crippen LogP contribution in [0, 0.1) is 5.92 Å². The monoisotopic (exact) mass is 307 g/mol. The Morgan fingerprint density at radius 1 is 1.00 bits per heavy atom. The smallest absolute Gasteiger partial charge is 0.164 e. The van der Waals surface area contributed by atoms with Crippen LogP contribution in [0.2, 0.25) is 0 Å². The lowest BCUT2D eigenvalue weighted by Crippen LogP contribution is -2.44. The van der Waals surface area contributed by atoms with E-state index in [2.05, 4.69) is 19.2 Å². The highest BCUT2D eigenvalue weighted by atomic mass is 16.5. The Hall–Kier alpha value is -1.42. The molecule has 0 amide bonds. The van der Waals surface area contributed by atoms with E-state index in [1.807, 2.05) is 12.1 Å². The van der Waals surface area contributed by atoms with Crippen LogP contribution in [0.25, 0.3) is 0 Å². The van der Waals surface area contributed by atoms with Crippen LogP contribution in [0.3, 0.4) is 0 Å². The SMILES string of the molecule is COc1cc(OC)c(OC)cc1CNC1(C)CCC(C)CC1. The van der Waals surface area contributed by atoms with E-state index < -0.39 is 0 Å². The Labute approximate surface area is 134 Å². The first kappa shape index (κ1) is 16.9. The largest absolute Gasteiger partial charge is 0.496 e. The van der Waals surface area contributed by atoms with Gasteiger partial charge in [0.1, 0.15) is 5.75 Å². The van der Waals surface area contributed by atoms with Gasteiger partial charge >= 0.3 is 0 Å². The van der Waals surface area contributed by atoms with Crippen LogP contribution in [-0.2, 0) is 6.54 Å². The van der Waals surface area contributed by atoms with Crippen LogP contribution in [0.5, 0.6) is 17.2 Å². The second kappa shape index (κ2) is 7.23. The van der Waals surface area contributed by atoms with Gasteiger partial charge in [0, 0.05) is 23.7 Å². The third-order valence-electron chi connectivity index (χ3n) is 4.87.